The number of carboxylic acid groups (broad SMARTS) is 1. The number of aromatic amines is 2. The summed E-state index contributed by atoms with van der Waals surface area (Å²) in [5.74, 6) is -3.21. The van der Waals surface area contributed by atoms with E-state index in [0.717, 1.165) is 0 Å². The van der Waals surface area contributed by atoms with Gasteiger partial charge in [0, 0.05) is 42.4 Å². The van der Waals surface area contributed by atoms with E-state index in [-0.39, 0.29) is 18.6 Å². The van der Waals surface area contributed by atoms with Crippen LogP contribution in [0.4, 0.5) is 0 Å². The zero-order chi connectivity index (χ0) is 22.8. The number of H-pyrrole nitrogens is 2. The van der Waals surface area contributed by atoms with Crippen molar-refractivity contribution in [1.29, 1.82) is 0 Å². The molecule has 2 aromatic heterocycles. The molecule has 31 heavy (non-hydrogen) atoms. The fraction of sp³-hybridized carbons (Fsp3) is 0.412. The van der Waals surface area contributed by atoms with Crippen LogP contribution in [0.1, 0.15) is 11.4 Å². The number of aromatic nitrogens is 4. The maximum absolute atomic E-state index is 12.3. The number of nitrogens with zero attached hydrogens (tertiary/aromatic N) is 2. The van der Waals surface area contributed by atoms with Gasteiger partial charge in [0.25, 0.3) is 0 Å². The number of hydrogen-bond donors (Lipinski definition) is 8. The SMILES string of the molecule is NC(Cc1cnc[nH]1)C(=O)NC(CS)C(=O)NCC(=O)NC(Cc1cnc[nH]1)C(=O)O. The summed E-state index contributed by atoms with van der Waals surface area (Å²) in [5.41, 5.74) is 7.02. The van der Waals surface area contributed by atoms with Gasteiger partial charge >= 0.3 is 5.97 Å². The Morgan fingerprint density at radius 2 is 1.61 bits per heavy atom. The molecule has 0 aliphatic carbocycles. The van der Waals surface area contributed by atoms with E-state index in [9.17, 15) is 24.3 Å². The number of imidazole rings is 2. The van der Waals surface area contributed by atoms with Gasteiger partial charge < -0.3 is 36.8 Å². The molecule has 168 valence electrons. The molecular weight excluding hydrogens is 428 g/mol. The number of thiol groups is 1. The Kier molecular flexibility index (Phi) is 9.02. The van der Waals surface area contributed by atoms with Crippen molar-refractivity contribution < 1.29 is 24.3 Å². The summed E-state index contributed by atoms with van der Waals surface area (Å²) in [5, 5.41) is 16.4. The maximum Gasteiger partial charge on any atom is 0.326 e. The van der Waals surface area contributed by atoms with Gasteiger partial charge in [-0.3, -0.25) is 14.4 Å². The van der Waals surface area contributed by atoms with Crippen LogP contribution in [0.15, 0.2) is 25.0 Å². The van der Waals surface area contributed by atoms with E-state index in [1.807, 2.05) is 0 Å². The summed E-state index contributed by atoms with van der Waals surface area (Å²) in [4.78, 5) is 61.1. The number of carbonyl (C=O) groups is 4. The Morgan fingerprint density at radius 3 is 2.13 bits per heavy atom. The summed E-state index contributed by atoms with van der Waals surface area (Å²) in [6.45, 7) is -0.480. The van der Waals surface area contributed by atoms with Crippen molar-refractivity contribution in [3.05, 3.63) is 36.4 Å². The number of carboxylic acids is 1. The first-order chi connectivity index (χ1) is 14.8. The molecule has 3 atom stereocenters. The van der Waals surface area contributed by atoms with Crippen LogP contribution < -0.4 is 21.7 Å². The minimum atomic E-state index is -1.24. The van der Waals surface area contributed by atoms with Crippen LogP contribution in [0, 0.1) is 0 Å². The first kappa shape index (κ1) is 23.9. The molecule has 2 heterocycles. The monoisotopic (exact) mass is 452 g/mol. The summed E-state index contributed by atoms with van der Waals surface area (Å²) >= 11 is 4.04. The van der Waals surface area contributed by atoms with E-state index in [1.165, 1.54) is 25.0 Å². The molecule has 0 aromatic carbocycles. The highest BCUT2D eigenvalue weighted by atomic mass is 32.1. The highest BCUT2D eigenvalue weighted by Gasteiger charge is 2.25. The van der Waals surface area contributed by atoms with Gasteiger partial charge in [0.05, 0.1) is 25.2 Å². The summed E-state index contributed by atoms with van der Waals surface area (Å²) < 4.78 is 0. The second-order valence-electron chi connectivity index (χ2n) is 6.59. The average molecular weight is 452 g/mol. The van der Waals surface area contributed by atoms with E-state index in [1.54, 1.807) is 0 Å². The number of rotatable bonds is 12. The van der Waals surface area contributed by atoms with Gasteiger partial charge in [-0.05, 0) is 0 Å². The van der Waals surface area contributed by atoms with Crippen molar-refractivity contribution >= 4 is 36.3 Å². The van der Waals surface area contributed by atoms with E-state index < -0.39 is 48.4 Å². The predicted molar refractivity (Wildman–Crippen MR) is 111 cm³/mol. The second kappa shape index (κ2) is 11.7. The zero-order valence-electron chi connectivity index (χ0n) is 16.4. The average Bonchev–Trinajstić information content (AvgIpc) is 3.43. The minimum Gasteiger partial charge on any atom is -0.480 e. The van der Waals surface area contributed by atoms with Crippen LogP contribution >= 0.6 is 12.6 Å². The molecule has 2 aromatic rings. The van der Waals surface area contributed by atoms with Crippen LogP contribution in [-0.4, -0.2) is 79.2 Å². The van der Waals surface area contributed by atoms with Crippen molar-refractivity contribution in [2.45, 2.75) is 31.0 Å². The third-order valence-corrected chi connectivity index (χ3v) is 4.55. The number of amides is 3. The lowest BCUT2D eigenvalue weighted by molar-refractivity contribution is -0.141. The van der Waals surface area contributed by atoms with E-state index in [0.29, 0.717) is 11.4 Å². The third kappa shape index (κ3) is 7.75. The number of hydrogen-bond acceptors (Lipinski definition) is 8. The lowest BCUT2D eigenvalue weighted by atomic mass is 10.1. The molecule has 0 bridgehead atoms. The summed E-state index contributed by atoms with van der Waals surface area (Å²) in [7, 11) is 0. The molecule has 0 aliphatic rings. The third-order valence-electron chi connectivity index (χ3n) is 4.18. The summed E-state index contributed by atoms with van der Waals surface area (Å²) in [6, 6.07) is -3.15. The normalized spacial score (nSPS) is 13.6. The summed E-state index contributed by atoms with van der Waals surface area (Å²) in [6.07, 6.45) is 6.02. The lowest BCUT2D eigenvalue weighted by Gasteiger charge is -2.19. The van der Waals surface area contributed by atoms with Crippen molar-refractivity contribution in [1.82, 2.24) is 35.9 Å². The van der Waals surface area contributed by atoms with E-state index >= 15 is 0 Å². The molecule has 0 aliphatic heterocycles. The van der Waals surface area contributed by atoms with Gasteiger partial charge in [0.1, 0.15) is 12.1 Å². The first-order valence-electron chi connectivity index (χ1n) is 9.21. The van der Waals surface area contributed by atoms with Crippen LogP contribution in [-0.2, 0) is 32.0 Å². The van der Waals surface area contributed by atoms with Gasteiger partial charge in [-0.25, -0.2) is 14.8 Å². The van der Waals surface area contributed by atoms with Gasteiger partial charge in [-0.15, -0.1) is 0 Å². The second-order valence-corrected chi connectivity index (χ2v) is 6.95. The van der Waals surface area contributed by atoms with Gasteiger partial charge in [0.15, 0.2) is 0 Å². The van der Waals surface area contributed by atoms with Crippen LogP contribution in [0.2, 0.25) is 0 Å². The van der Waals surface area contributed by atoms with Crippen molar-refractivity contribution in [3.63, 3.8) is 0 Å². The topological polar surface area (TPSA) is 208 Å². The van der Waals surface area contributed by atoms with Crippen molar-refractivity contribution in [2.24, 2.45) is 5.73 Å². The Morgan fingerprint density at radius 1 is 1.00 bits per heavy atom. The molecule has 0 saturated carbocycles. The van der Waals surface area contributed by atoms with Gasteiger partial charge in [0.2, 0.25) is 17.7 Å². The fourth-order valence-corrected chi connectivity index (χ4v) is 2.81. The van der Waals surface area contributed by atoms with Gasteiger partial charge in [-0.1, -0.05) is 0 Å². The maximum atomic E-state index is 12.3. The zero-order valence-corrected chi connectivity index (χ0v) is 17.3. The van der Waals surface area contributed by atoms with Crippen molar-refractivity contribution in [3.8, 4) is 0 Å². The predicted octanol–water partition coefficient (Wildman–Crippen LogP) is -2.65. The van der Waals surface area contributed by atoms with Gasteiger partial charge in [-0.2, -0.15) is 12.6 Å². The molecule has 0 saturated heterocycles. The number of carbonyl (C=O) groups excluding carboxylic acids is 3. The molecular formula is C17H24N8O5S. The molecule has 3 unspecified atom stereocenters. The minimum absolute atomic E-state index is 0.00143. The molecule has 2 rings (SSSR count). The number of nitrogens with two attached hydrogens (primary N) is 1. The highest BCUT2D eigenvalue weighted by molar-refractivity contribution is 7.80. The quantitative estimate of drug-likeness (QED) is 0.159. The Bertz CT molecular complexity index is 873. The Hall–Kier alpha value is -3.39. The smallest absolute Gasteiger partial charge is 0.326 e. The lowest BCUT2D eigenvalue weighted by Crippen LogP contribution is -2.54. The van der Waals surface area contributed by atoms with Crippen molar-refractivity contribution in [2.75, 3.05) is 12.3 Å². The molecule has 0 spiro atoms. The first-order valence-corrected chi connectivity index (χ1v) is 9.84. The van der Waals surface area contributed by atoms with Crippen LogP contribution in [0.3, 0.4) is 0 Å². The molecule has 13 nitrogen and oxygen atoms in total. The Balaban J connectivity index is 1.80. The highest BCUT2D eigenvalue weighted by Crippen LogP contribution is 2.00. The molecule has 8 N–H and O–H groups in total. The molecule has 0 radical (unpaired) electrons. The standard InChI is InChI=1S/C17H24N8O5S/c18-11(1-9-3-19-7-22-9)15(27)25-13(6-31)16(28)21-5-14(26)24-12(17(29)30)2-10-4-20-8-23-10/h3-4,7-8,11-13,31H,1-2,5-6,18H2,(H,19,22)(H,20,23)(H,21,28)(H,24,26)(H,25,27)(H,29,30). The molecule has 3 amide bonds. The largest absolute Gasteiger partial charge is 0.480 e. The molecule has 14 heteroatoms. The van der Waals surface area contributed by atoms with Crippen LogP contribution in [0.25, 0.3) is 0 Å². The van der Waals surface area contributed by atoms with Crippen LogP contribution in [0.5, 0.6) is 0 Å². The molecule has 0 fully saturated rings. The van der Waals surface area contributed by atoms with E-state index in [4.69, 9.17) is 5.73 Å². The fourth-order valence-electron chi connectivity index (χ4n) is 2.55. The Labute approximate surface area is 182 Å². The van der Waals surface area contributed by atoms with E-state index in [2.05, 4.69) is 48.5 Å². The number of aliphatic carboxylic acids is 1. The number of nitrogens with one attached hydrogen (secondary N) is 5.